The Morgan fingerprint density at radius 1 is 1.46 bits per heavy atom. The second-order valence-corrected chi connectivity index (χ2v) is 5.33. The van der Waals surface area contributed by atoms with Gasteiger partial charge in [-0.3, -0.25) is 4.79 Å². The Bertz CT molecular complexity index is 313. The number of nitriles is 1. The van der Waals surface area contributed by atoms with E-state index in [1.165, 1.54) is 0 Å². The molecule has 3 unspecified atom stereocenters. The van der Waals surface area contributed by atoms with Crippen LogP contribution in [0.4, 0.5) is 0 Å². The molecule has 2 heteroatoms. The number of hydrogen-bond acceptors (Lipinski definition) is 2. The lowest BCUT2D eigenvalue weighted by molar-refractivity contribution is -0.164. The van der Waals surface area contributed by atoms with Crippen molar-refractivity contribution in [3.63, 3.8) is 0 Å². The van der Waals surface area contributed by atoms with E-state index in [9.17, 15) is 4.79 Å². The van der Waals surface area contributed by atoms with E-state index in [1.807, 2.05) is 6.92 Å². The normalized spacial score (nSPS) is 46.5. The number of carbonyl (C=O) groups is 1. The Balaban J connectivity index is 2.39. The van der Waals surface area contributed by atoms with Crippen molar-refractivity contribution in [2.24, 2.45) is 22.7 Å². The van der Waals surface area contributed by atoms with Gasteiger partial charge in [-0.05, 0) is 24.7 Å². The largest absolute Gasteiger partial charge is 0.299 e. The standard InChI is InChI=1S/C11H15NO/c1-10(2)7-4-9(10)11(3,6-12)5-8(7)13/h7,9H,4-5H2,1-3H3. The van der Waals surface area contributed by atoms with E-state index in [2.05, 4.69) is 19.9 Å². The third-order valence-electron chi connectivity index (χ3n) is 4.22. The summed E-state index contributed by atoms with van der Waals surface area (Å²) < 4.78 is 0. The average Bonchev–Trinajstić information content (AvgIpc) is 2.02. The van der Waals surface area contributed by atoms with E-state index in [-0.39, 0.29) is 11.3 Å². The zero-order chi connectivity index (χ0) is 9.85. The maximum atomic E-state index is 11.7. The van der Waals surface area contributed by atoms with E-state index >= 15 is 0 Å². The molecule has 0 aromatic heterocycles. The summed E-state index contributed by atoms with van der Waals surface area (Å²) in [5.74, 6) is 0.961. The van der Waals surface area contributed by atoms with Crippen LogP contribution in [0.25, 0.3) is 0 Å². The van der Waals surface area contributed by atoms with Gasteiger partial charge in [0.1, 0.15) is 5.78 Å². The lowest BCUT2D eigenvalue weighted by atomic mass is 9.41. The first-order valence-corrected chi connectivity index (χ1v) is 4.86. The van der Waals surface area contributed by atoms with Crippen LogP contribution in [-0.2, 0) is 4.79 Å². The molecule has 13 heavy (non-hydrogen) atoms. The van der Waals surface area contributed by atoms with Crippen molar-refractivity contribution in [2.45, 2.75) is 33.6 Å². The van der Waals surface area contributed by atoms with Gasteiger partial charge in [0.05, 0.1) is 11.5 Å². The Morgan fingerprint density at radius 3 is 2.46 bits per heavy atom. The highest BCUT2D eigenvalue weighted by Gasteiger charge is 2.63. The minimum atomic E-state index is -0.394. The number of fused-ring (bicyclic) bond motifs is 2. The first-order valence-electron chi connectivity index (χ1n) is 4.86. The fourth-order valence-electron chi connectivity index (χ4n) is 3.28. The molecule has 3 atom stereocenters. The van der Waals surface area contributed by atoms with Gasteiger partial charge in [-0.1, -0.05) is 13.8 Å². The van der Waals surface area contributed by atoms with E-state index in [0.717, 1.165) is 6.42 Å². The Hall–Kier alpha value is -0.840. The molecule has 3 aliphatic rings. The number of hydrogen-bond donors (Lipinski definition) is 0. The van der Waals surface area contributed by atoms with Gasteiger partial charge < -0.3 is 0 Å². The monoisotopic (exact) mass is 177 g/mol. The molecule has 0 aromatic rings. The van der Waals surface area contributed by atoms with Crippen molar-refractivity contribution in [2.75, 3.05) is 0 Å². The minimum Gasteiger partial charge on any atom is -0.299 e. The third-order valence-corrected chi connectivity index (χ3v) is 4.22. The fourth-order valence-corrected chi connectivity index (χ4v) is 3.28. The zero-order valence-corrected chi connectivity index (χ0v) is 8.42. The molecule has 3 fully saturated rings. The maximum absolute atomic E-state index is 11.7. The summed E-state index contributed by atoms with van der Waals surface area (Å²) in [6.45, 7) is 6.18. The summed E-state index contributed by atoms with van der Waals surface area (Å²) in [6.07, 6.45) is 1.41. The molecule has 0 aliphatic heterocycles. The number of rotatable bonds is 0. The average molecular weight is 177 g/mol. The van der Waals surface area contributed by atoms with Crippen LogP contribution in [0.3, 0.4) is 0 Å². The van der Waals surface area contributed by atoms with Gasteiger partial charge in [-0.15, -0.1) is 0 Å². The molecule has 0 saturated heterocycles. The number of carbonyl (C=O) groups excluding carboxylic acids is 1. The molecule has 0 N–H and O–H groups in total. The summed E-state index contributed by atoms with van der Waals surface area (Å²) in [4.78, 5) is 11.7. The summed E-state index contributed by atoms with van der Waals surface area (Å²) in [5, 5.41) is 9.09. The lowest BCUT2D eigenvalue weighted by Gasteiger charge is -2.60. The van der Waals surface area contributed by atoms with Gasteiger partial charge in [-0.2, -0.15) is 5.26 Å². The highest BCUT2D eigenvalue weighted by Crippen LogP contribution is 2.64. The quantitative estimate of drug-likeness (QED) is 0.569. The van der Waals surface area contributed by atoms with Crippen molar-refractivity contribution in [3.05, 3.63) is 0 Å². The topological polar surface area (TPSA) is 40.9 Å². The Morgan fingerprint density at radius 2 is 2.08 bits per heavy atom. The Kier molecular flexibility index (Phi) is 1.44. The van der Waals surface area contributed by atoms with Gasteiger partial charge in [0.15, 0.2) is 0 Å². The van der Waals surface area contributed by atoms with Gasteiger partial charge in [-0.25, -0.2) is 0 Å². The van der Waals surface area contributed by atoms with E-state index < -0.39 is 5.41 Å². The number of nitrogens with zero attached hydrogens (tertiary/aromatic N) is 1. The van der Waals surface area contributed by atoms with Crippen molar-refractivity contribution in [1.29, 1.82) is 5.26 Å². The smallest absolute Gasteiger partial charge is 0.138 e. The fraction of sp³-hybridized carbons (Fsp3) is 0.818. The Labute approximate surface area is 78.9 Å². The molecule has 0 aromatic carbocycles. The van der Waals surface area contributed by atoms with Gasteiger partial charge >= 0.3 is 0 Å². The molecule has 0 amide bonds. The SMILES string of the molecule is CC1(C#N)CC(=O)C2CC1C2(C)C. The molecule has 2 nitrogen and oxygen atoms in total. The molecule has 2 bridgehead atoms. The van der Waals surface area contributed by atoms with Crippen LogP contribution in [0.15, 0.2) is 0 Å². The maximum Gasteiger partial charge on any atom is 0.138 e. The van der Waals surface area contributed by atoms with E-state index in [1.54, 1.807) is 0 Å². The van der Waals surface area contributed by atoms with Gasteiger partial charge in [0, 0.05) is 12.3 Å². The van der Waals surface area contributed by atoms with Crippen LogP contribution < -0.4 is 0 Å². The lowest BCUT2D eigenvalue weighted by Crippen LogP contribution is -2.60. The van der Waals surface area contributed by atoms with Crippen LogP contribution in [0, 0.1) is 34.0 Å². The molecule has 0 heterocycles. The van der Waals surface area contributed by atoms with Crippen LogP contribution >= 0.6 is 0 Å². The van der Waals surface area contributed by atoms with E-state index in [0.29, 0.717) is 18.1 Å². The molecular formula is C11H15NO. The van der Waals surface area contributed by atoms with Crippen LogP contribution in [0.5, 0.6) is 0 Å². The zero-order valence-electron chi connectivity index (χ0n) is 8.42. The first-order chi connectivity index (χ1) is 5.92. The number of Topliss-reactive ketones (excluding diaryl/α,β-unsaturated/α-hetero) is 1. The second-order valence-electron chi connectivity index (χ2n) is 5.33. The van der Waals surface area contributed by atoms with Gasteiger partial charge in [0.2, 0.25) is 0 Å². The predicted molar refractivity (Wildman–Crippen MR) is 48.7 cm³/mol. The minimum absolute atomic E-state index is 0.0693. The first kappa shape index (κ1) is 8.74. The molecule has 3 aliphatic carbocycles. The molecule has 0 radical (unpaired) electrons. The second kappa shape index (κ2) is 2.15. The number of ketones is 1. The van der Waals surface area contributed by atoms with Crippen molar-refractivity contribution >= 4 is 5.78 Å². The molecular weight excluding hydrogens is 162 g/mol. The molecule has 0 spiro atoms. The van der Waals surface area contributed by atoms with Crippen molar-refractivity contribution < 1.29 is 4.79 Å². The highest BCUT2D eigenvalue weighted by atomic mass is 16.1. The third kappa shape index (κ3) is 0.852. The predicted octanol–water partition coefficient (Wildman–Crippen LogP) is 2.15. The van der Waals surface area contributed by atoms with E-state index in [4.69, 9.17) is 5.26 Å². The van der Waals surface area contributed by atoms with Crippen LogP contribution in [-0.4, -0.2) is 5.78 Å². The van der Waals surface area contributed by atoms with Crippen molar-refractivity contribution in [3.8, 4) is 6.07 Å². The molecule has 70 valence electrons. The van der Waals surface area contributed by atoms with Crippen LogP contribution in [0.2, 0.25) is 0 Å². The molecule has 3 saturated carbocycles. The van der Waals surface area contributed by atoms with Gasteiger partial charge in [0.25, 0.3) is 0 Å². The molecule has 3 rings (SSSR count). The summed E-state index contributed by atoms with van der Waals surface area (Å²) in [7, 11) is 0. The summed E-state index contributed by atoms with van der Waals surface area (Å²) in [6, 6.07) is 2.33. The summed E-state index contributed by atoms with van der Waals surface area (Å²) in [5.41, 5.74) is -0.324. The van der Waals surface area contributed by atoms with Crippen LogP contribution in [0.1, 0.15) is 33.6 Å². The summed E-state index contributed by atoms with van der Waals surface area (Å²) >= 11 is 0. The van der Waals surface area contributed by atoms with Crippen molar-refractivity contribution in [1.82, 2.24) is 0 Å². The highest BCUT2D eigenvalue weighted by molar-refractivity contribution is 5.86.